The Balaban J connectivity index is 1.75. The second-order valence-corrected chi connectivity index (χ2v) is 6.09. The van der Waals surface area contributed by atoms with Crippen LogP contribution in [0.4, 0.5) is 0 Å². The molecule has 2 fully saturated rings. The minimum Gasteiger partial charge on any atom is -0.361 e. The average molecular weight is 230 g/mol. The quantitative estimate of drug-likeness (QED) is 0.804. The van der Waals surface area contributed by atoms with Crippen molar-refractivity contribution in [2.75, 3.05) is 23.8 Å². The minimum absolute atomic E-state index is 0.664. The van der Waals surface area contributed by atoms with Gasteiger partial charge in [0.15, 0.2) is 5.17 Å². The standard InChI is InChI=1S/C10H18N2S2/c1-2-9-7-14-10(12-9)11-5-8-3-4-13-6-8/h8-9H,2-7H2,1H3,(H,11,12). The number of hydrogen-bond acceptors (Lipinski definition) is 3. The van der Waals surface area contributed by atoms with Crippen molar-refractivity contribution in [3.63, 3.8) is 0 Å². The summed E-state index contributed by atoms with van der Waals surface area (Å²) in [6.45, 7) is 3.27. The Bertz CT molecular complexity index is 212. The monoisotopic (exact) mass is 230 g/mol. The van der Waals surface area contributed by atoms with Crippen molar-refractivity contribution in [2.45, 2.75) is 25.8 Å². The van der Waals surface area contributed by atoms with Gasteiger partial charge < -0.3 is 5.32 Å². The number of thioether (sulfide) groups is 2. The Labute approximate surface area is 94.7 Å². The first-order chi connectivity index (χ1) is 6.88. The van der Waals surface area contributed by atoms with Gasteiger partial charge in [-0.3, -0.25) is 4.99 Å². The molecule has 2 heterocycles. The predicted molar refractivity (Wildman–Crippen MR) is 67.4 cm³/mol. The Morgan fingerprint density at radius 2 is 2.43 bits per heavy atom. The summed E-state index contributed by atoms with van der Waals surface area (Å²) in [5.41, 5.74) is 0. The highest BCUT2D eigenvalue weighted by Crippen LogP contribution is 2.24. The van der Waals surface area contributed by atoms with Gasteiger partial charge in [-0.1, -0.05) is 18.7 Å². The maximum absolute atomic E-state index is 4.66. The van der Waals surface area contributed by atoms with Crippen LogP contribution in [-0.2, 0) is 0 Å². The van der Waals surface area contributed by atoms with Crippen LogP contribution in [0.25, 0.3) is 0 Å². The van der Waals surface area contributed by atoms with Gasteiger partial charge in [0.25, 0.3) is 0 Å². The average Bonchev–Trinajstić information content (AvgIpc) is 2.86. The molecule has 0 amide bonds. The van der Waals surface area contributed by atoms with Crippen molar-refractivity contribution in [2.24, 2.45) is 10.9 Å². The van der Waals surface area contributed by atoms with E-state index in [1.807, 2.05) is 11.8 Å². The largest absolute Gasteiger partial charge is 0.361 e. The molecular weight excluding hydrogens is 212 g/mol. The van der Waals surface area contributed by atoms with Crippen molar-refractivity contribution >= 4 is 28.7 Å². The van der Waals surface area contributed by atoms with Gasteiger partial charge in [-0.15, -0.1) is 0 Å². The van der Waals surface area contributed by atoms with Crippen LogP contribution in [-0.4, -0.2) is 35.0 Å². The highest BCUT2D eigenvalue weighted by molar-refractivity contribution is 8.14. The Morgan fingerprint density at radius 1 is 1.50 bits per heavy atom. The van der Waals surface area contributed by atoms with Gasteiger partial charge in [0, 0.05) is 18.3 Å². The van der Waals surface area contributed by atoms with Gasteiger partial charge in [0.1, 0.15) is 0 Å². The minimum atomic E-state index is 0.664. The molecule has 0 radical (unpaired) electrons. The predicted octanol–water partition coefficient (Wildman–Crippen LogP) is 2.21. The van der Waals surface area contributed by atoms with Gasteiger partial charge in [0.2, 0.25) is 0 Å². The first-order valence-corrected chi connectivity index (χ1v) is 7.54. The molecule has 0 aromatic heterocycles. The van der Waals surface area contributed by atoms with Crippen LogP contribution in [0, 0.1) is 5.92 Å². The Morgan fingerprint density at radius 3 is 3.07 bits per heavy atom. The molecule has 2 aliphatic heterocycles. The number of amidine groups is 1. The van der Waals surface area contributed by atoms with E-state index in [2.05, 4.69) is 29.0 Å². The zero-order chi connectivity index (χ0) is 9.80. The van der Waals surface area contributed by atoms with Crippen LogP contribution in [0.3, 0.4) is 0 Å². The van der Waals surface area contributed by atoms with Crippen LogP contribution in [0.1, 0.15) is 19.8 Å². The van der Waals surface area contributed by atoms with Crippen molar-refractivity contribution < 1.29 is 0 Å². The van der Waals surface area contributed by atoms with E-state index in [1.54, 1.807) is 0 Å². The fraction of sp³-hybridized carbons (Fsp3) is 0.900. The van der Waals surface area contributed by atoms with E-state index < -0.39 is 0 Å². The van der Waals surface area contributed by atoms with E-state index in [-0.39, 0.29) is 0 Å². The second-order valence-electron chi connectivity index (χ2n) is 3.94. The fourth-order valence-electron chi connectivity index (χ4n) is 1.69. The summed E-state index contributed by atoms with van der Waals surface area (Å²) in [5.74, 6) is 4.71. The number of nitrogens with one attached hydrogen (secondary N) is 1. The topological polar surface area (TPSA) is 24.4 Å². The van der Waals surface area contributed by atoms with E-state index in [0.29, 0.717) is 6.04 Å². The molecule has 2 aliphatic rings. The first-order valence-electron chi connectivity index (χ1n) is 5.40. The molecule has 0 saturated carbocycles. The molecule has 0 spiro atoms. The SMILES string of the molecule is CCC1CSC(=NCC2CCSC2)N1. The van der Waals surface area contributed by atoms with E-state index in [1.165, 1.54) is 35.3 Å². The smallest absolute Gasteiger partial charge is 0.156 e. The molecule has 80 valence electrons. The van der Waals surface area contributed by atoms with Gasteiger partial charge >= 0.3 is 0 Å². The van der Waals surface area contributed by atoms with Gasteiger partial charge in [-0.25, -0.2) is 0 Å². The zero-order valence-electron chi connectivity index (χ0n) is 8.66. The lowest BCUT2D eigenvalue weighted by Crippen LogP contribution is -2.26. The lowest BCUT2D eigenvalue weighted by molar-refractivity contribution is 0.608. The molecule has 4 heteroatoms. The molecular formula is C10H18N2S2. The normalized spacial score (nSPS) is 35.1. The van der Waals surface area contributed by atoms with Crippen LogP contribution < -0.4 is 5.32 Å². The van der Waals surface area contributed by atoms with Gasteiger partial charge in [-0.2, -0.15) is 11.8 Å². The number of nitrogens with zero attached hydrogens (tertiary/aromatic N) is 1. The maximum Gasteiger partial charge on any atom is 0.156 e. The highest BCUT2D eigenvalue weighted by atomic mass is 32.2. The third kappa shape index (κ3) is 2.83. The lowest BCUT2D eigenvalue weighted by atomic mass is 10.1. The van der Waals surface area contributed by atoms with E-state index in [0.717, 1.165) is 12.5 Å². The molecule has 14 heavy (non-hydrogen) atoms. The molecule has 2 saturated heterocycles. The van der Waals surface area contributed by atoms with Crippen LogP contribution in [0.5, 0.6) is 0 Å². The number of rotatable bonds is 3. The second kappa shape index (κ2) is 5.31. The van der Waals surface area contributed by atoms with Crippen molar-refractivity contribution in [1.29, 1.82) is 0 Å². The van der Waals surface area contributed by atoms with Crippen molar-refractivity contribution in [1.82, 2.24) is 5.32 Å². The van der Waals surface area contributed by atoms with Crippen molar-refractivity contribution in [3.05, 3.63) is 0 Å². The Kier molecular flexibility index (Phi) is 4.05. The molecule has 2 nitrogen and oxygen atoms in total. The summed E-state index contributed by atoms with van der Waals surface area (Å²) in [7, 11) is 0. The van der Waals surface area contributed by atoms with Crippen LogP contribution >= 0.6 is 23.5 Å². The van der Waals surface area contributed by atoms with Crippen LogP contribution in [0.2, 0.25) is 0 Å². The summed E-state index contributed by atoms with van der Waals surface area (Å²) >= 11 is 3.96. The van der Waals surface area contributed by atoms with E-state index in [4.69, 9.17) is 0 Å². The molecule has 0 aromatic rings. The molecule has 2 atom stereocenters. The third-order valence-corrected chi connectivity index (χ3v) is 5.08. The van der Waals surface area contributed by atoms with Crippen molar-refractivity contribution in [3.8, 4) is 0 Å². The van der Waals surface area contributed by atoms with Crippen LogP contribution in [0.15, 0.2) is 4.99 Å². The van der Waals surface area contributed by atoms with Gasteiger partial charge in [-0.05, 0) is 30.3 Å². The molecule has 0 aromatic carbocycles. The molecule has 1 N–H and O–H groups in total. The molecule has 2 rings (SSSR count). The summed E-state index contributed by atoms with van der Waals surface area (Å²) < 4.78 is 0. The summed E-state index contributed by atoms with van der Waals surface area (Å²) in [5, 5.41) is 4.66. The maximum atomic E-state index is 4.66. The zero-order valence-corrected chi connectivity index (χ0v) is 10.3. The summed E-state index contributed by atoms with van der Waals surface area (Å²) in [4.78, 5) is 4.66. The summed E-state index contributed by atoms with van der Waals surface area (Å²) in [6, 6.07) is 0.664. The molecule has 2 unspecified atom stereocenters. The lowest BCUT2D eigenvalue weighted by Gasteiger charge is -2.06. The molecule has 0 bridgehead atoms. The highest BCUT2D eigenvalue weighted by Gasteiger charge is 2.19. The van der Waals surface area contributed by atoms with Gasteiger partial charge in [0.05, 0.1) is 0 Å². The Hall–Kier alpha value is 0.170. The first kappa shape index (κ1) is 10.7. The summed E-state index contributed by atoms with van der Waals surface area (Å²) in [6.07, 6.45) is 2.58. The number of aliphatic imine (C=N–C) groups is 1. The fourth-order valence-corrected chi connectivity index (χ4v) is 4.05. The van der Waals surface area contributed by atoms with E-state index in [9.17, 15) is 0 Å². The number of hydrogen-bond donors (Lipinski definition) is 1. The third-order valence-electron chi connectivity index (χ3n) is 2.76. The molecule has 0 aliphatic carbocycles. The van der Waals surface area contributed by atoms with E-state index >= 15 is 0 Å².